The molecule has 3 N–H and O–H groups in total. The highest BCUT2D eigenvalue weighted by molar-refractivity contribution is 7.89. The van der Waals surface area contributed by atoms with E-state index in [9.17, 15) is 8.42 Å². The number of anilines is 1. The summed E-state index contributed by atoms with van der Waals surface area (Å²) in [5, 5.41) is 33.4. The fourth-order valence-electron chi connectivity index (χ4n) is 1.24. The SMILES string of the molecule is N#CC(C#N)=C(C#N)Nc1c(Cl)cc(S(N)(=O)=O)cc1Cl. The van der Waals surface area contributed by atoms with Crippen LogP contribution in [0.1, 0.15) is 0 Å². The summed E-state index contributed by atoms with van der Waals surface area (Å²) in [5.74, 6) is 0. The normalized spacial score (nSPS) is 9.90. The van der Waals surface area contributed by atoms with E-state index < -0.39 is 15.6 Å². The Morgan fingerprint density at radius 2 is 1.57 bits per heavy atom. The van der Waals surface area contributed by atoms with E-state index >= 15 is 0 Å². The highest BCUT2D eigenvalue weighted by Gasteiger charge is 2.16. The number of benzene rings is 1. The number of hydrogen-bond acceptors (Lipinski definition) is 6. The molecule has 1 aromatic carbocycles. The van der Waals surface area contributed by atoms with Crippen LogP contribution >= 0.6 is 23.2 Å². The monoisotopic (exact) mass is 341 g/mol. The van der Waals surface area contributed by atoms with Gasteiger partial charge in [0.1, 0.15) is 23.9 Å². The lowest BCUT2D eigenvalue weighted by Crippen LogP contribution is -2.12. The maximum Gasteiger partial charge on any atom is 0.238 e. The quantitative estimate of drug-likeness (QED) is 0.803. The molecule has 0 fully saturated rings. The summed E-state index contributed by atoms with van der Waals surface area (Å²) >= 11 is 11.7. The number of nitrogens with zero attached hydrogens (tertiary/aromatic N) is 3. The lowest BCUT2D eigenvalue weighted by molar-refractivity contribution is 0.598. The first-order valence-corrected chi connectivity index (χ1v) is 7.28. The van der Waals surface area contributed by atoms with E-state index in [1.807, 2.05) is 0 Å². The molecule has 0 saturated heterocycles. The van der Waals surface area contributed by atoms with Crippen LogP contribution in [0, 0.1) is 34.0 Å². The predicted octanol–water partition coefficient (Wildman–Crippen LogP) is 1.88. The Kier molecular flexibility index (Phi) is 5.15. The molecular formula is C11H5Cl2N5O2S. The van der Waals surface area contributed by atoms with E-state index in [0.717, 1.165) is 12.1 Å². The standard InChI is InChI=1S/C11H5Cl2N5O2S/c12-8-1-7(21(17,19)20)2-9(13)11(8)18-10(5-16)6(3-14)4-15/h1-2,18H,(H2,17,19,20). The average molecular weight is 342 g/mol. The van der Waals surface area contributed by atoms with Crippen LogP contribution in [0.2, 0.25) is 10.0 Å². The Labute approximate surface area is 130 Å². The number of halogens is 2. The maximum atomic E-state index is 11.2. The molecular weight excluding hydrogens is 337 g/mol. The molecule has 10 heteroatoms. The van der Waals surface area contributed by atoms with Gasteiger partial charge in [0.2, 0.25) is 10.0 Å². The molecule has 0 bridgehead atoms. The van der Waals surface area contributed by atoms with Crippen molar-refractivity contribution in [3.8, 4) is 18.2 Å². The highest BCUT2D eigenvalue weighted by Crippen LogP contribution is 2.34. The molecule has 21 heavy (non-hydrogen) atoms. The van der Waals surface area contributed by atoms with Gasteiger partial charge in [-0.3, -0.25) is 0 Å². The third-order valence-electron chi connectivity index (χ3n) is 2.18. The molecule has 0 aromatic heterocycles. The van der Waals surface area contributed by atoms with E-state index in [4.69, 9.17) is 44.1 Å². The summed E-state index contributed by atoms with van der Waals surface area (Å²) in [6, 6.07) is 6.73. The minimum atomic E-state index is -4.00. The van der Waals surface area contributed by atoms with Crippen LogP contribution in [0.3, 0.4) is 0 Å². The van der Waals surface area contributed by atoms with Crippen molar-refractivity contribution in [2.75, 3.05) is 5.32 Å². The number of nitrogens with two attached hydrogens (primary N) is 1. The minimum absolute atomic E-state index is 0.0229. The first-order chi connectivity index (χ1) is 9.74. The van der Waals surface area contributed by atoms with E-state index in [1.165, 1.54) is 12.1 Å². The summed E-state index contributed by atoms with van der Waals surface area (Å²) in [6.07, 6.45) is 0. The molecule has 0 radical (unpaired) electrons. The Balaban J connectivity index is 3.44. The third kappa shape index (κ3) is 3.85. The molecule has 0 heterocycles. The lowest BCUT2D eigenvalue weighted by atomic mass is 10.2. The van der Waals surface area contributed by atoms with Gasteiger partial charge < -0.3 is 5.32 Å². The van der Waals surface area contributed by atoms with Crippen LogP contribution in [-0.2, 0) is 10.0 Å². The molecule has 0 spiro atoms. The summed E-state index contributed by atoms with van der Waals surface area (Å²) in [7, 11) is -4.00. The first kappa shape index (κ1) is 16.8. The van der Waals surface area contributed by atoms with Crippen molar-refractivity contribution in [1.82, 2.24) is 0 Å². The van der Waals surface area contributed by atoms with Crippen LogP contribution in [0.15, 0.2) is 28.3 Å². The van der Waals surface area contributed by atoms with Crippen LogP contribution in [0.4, 0.5) is 5.69 Å². The molecule has 0 amide bonds. The topological polar surface area (TPSA) is 144 Å². The van der Waals surface area contributed by atoms with Crippen LogP contribution in [-0.4, -0.2) is 8.42 Å². The number of nitriles is 3. The fraction of sp³-hybridized carbons (Fsp3) is 0. The van der Waals surface area contributed by atoms with Crippen molar-refractivity contribution in [2.24, 2.45) is 5.14 Å². The van der Waals surface area contributed by atoms with Gasteiger partial charge in [0.05, 0.1) is 20.6 Å². The van der Waals surface area contributed by atoms with Crippen LogP contribution in [0.5, 0.6) is 0 Å². The van der Waals surface area contributed by atoms with E-state index in [0.29, 0.717) is 0 Å². The molecule has 0 saturated carbocycles. The van der Waals surface area contributed by atoms with Crippen molar-refractivity contribution < 1.29 is 8.42 Å². The largest absolute Gasteiger partial charge is 0.343 e. The van der Waals surface area contributed by atoms with Gasteiger partial charge in [0.25, 0.3) is 0 Å². The van der Waals surface area contributed by atoms with Gasteiger partial charge >= 0.3 is 0 Å². The molecule has 0 aliphatic carbocycles. The van der Waals surface area contributed by atoms with Gasteiger partial charge in [0, 0.05) is 0 Å². The van der Waals surface area contributed by atoms with Gasteiger partial charge in [-0.1, -0.05) is 23.2 Å². The summed E-state index contributed by atoms with van der Waals surface area (Å²) in [4.78, 5) is -0.314. The zero-order valence-electron chi connectivity index (χ0n) is 10.1. The molecule has 106 valence electrons. The van der Waals surface area contributed by atoms with Crippen LogP contribution < -0.4 is 10.5 Å². The zero-order valence-corrected chi connectivity index (χ0v) is 12.4. The van der Waals surface area contributed by atoms with Crippen molar-refractivity contribution in [1.29, 1.82) is 15.8 Å². The second kappa shape index (κ2) is 6.45. The predicted molar refractivity (Wildman–Crippen MR) is 75.3 cm³/mol. The zero-order chi connectivity index (χ0) is 16.2. The number of nitrogens with one attached hydrogen (secondary N) is 1. The second-order valence-corrected chi connectivity index (χ2v) is 5.89. The second-order valence-electron chi connectivity index (χ2n) is 3.52. The fourth-order valence-corrected chi connectivity index (χ4v) is 2.52. The molecule has 7 nitrogen and oxygen atoms in total. The van der Waals surface area contributed by atoms with Crippen LogP contribution in [0.25, 0.3) is 0 Å². The molecule has 1 aromatic rings. The van der Waals surface area contributed by atoms with Crippen molar-refractivity contribution in [3.05, 3.63) is 33.4 Å². The summed E-state index contributed by atoms with van der Waals surface area (Å²) in [5.41, 5.74) is -0.863. The Bertz CT molecular complexity index is 817. The number of rotatable bonds is 3. The molecule has 0 unspecified atom stereocenters. The Morgan fingerprint density at radius 3 is 1.90 bits per heavy atom. The van der Waals surface area contributed by atoms with Gasteiger partial charge in [-0.2, -0.15) is 15.8 Å². The van der Waals surface area contributed by atoms with Crippen molar-refractivity contribution >= 4 is 38.9 Å². The number of sulfonamides is 1. The van der Waals surface area contributed by atoms with E-state index in [2.05, 4.69) is 5.32 Å². The average Bonchev–Trinajstić information content (AvgIpc) is 2.40. The third-order valence-corrected chi connectivity index (χ3v) is 3.67. The number of primary sulfonamides is 1. The number of hydrogen-bond donors (Lipinski definition) is 2. The van der Waals surface area contributed by atoms with E-state index in [1.54, 1.807) is 6.07 Å². The lowest BCUT2D eigenvalue weighted by Gasteiger charge is -2.10. The summed E-state index contributed by atoms with van der Waals surface area (Å²) < 4.78 is 22.4. The van der Waals surface area contributed by atoms with Gasteiger partial charge in [-0.05, 0) is 12.1 Å². The van der Waals surface area contributed by atoms with Gasteiger partial charge in [-0.25, -0.2) is 13.6 Å². The van der Waals surface area contributed by atoms with E-state index in [-0.39, 0.29) is 26.3 Å². The molecule has 0 atom stereocenters. The van der Waals surface area contributed by atoms with Crippen molar-refractivity contribution in [2.45, 2.75) is 4.90 Å². The summed E-state index contributed by atoms with van der Waals surface area (Å²) in [6.45, 7) is 0. The molecule has 0 aliphatic rings. The minimum Gasteiger partial charge on any atom is -0.343 e. The smallest absolute Gasteiger partial charge is 0.238 e. The Morgan fingerprint density at radius 1 is 1.10 bits per heavy atom. The van der Waals surface area contributed by atoms with Gasteiger partial charge in [-0.15, -0.1) is 0 Å². The van der Waals surface area contributed by atoms with Gasteiger partial charge in [0.15, 0.2) is 5.57 Å². The first-order valence-electron chi connectivity index (χ1n) is 4.98. The van der Waals surface area contributed by atoms with Crippen molar-refractivity contribution in [3.63, 3.8) is 0 Å². The molecule has 0 aliphatic heterocycles. The maximum absolute atomic E-state index is 11.2. The highest BCUT2D eigenvalue weighted by atomic mass is 35.5. The number of allylic oxidation sites excluding steroid dienone is 2. The Hall–Kier alpha value is -2.28. The molecule has 1 rings (SSSR count).